The second-order valence-electron chi connectivity index (χ2n) is 3.39. The molecule has 14 heavy (non-hydrogen) atoms. The average molecular weight is 192 g/mol. The Morgan fingerprint density at radius 2 is 2.14 bits per heavy atom. The number of ketones is 1. The summed E-state index contributed by atoms with van der Waals surface area (Å²) in [7, 11) is 1.61. The van der Waals surface area contributed by atoms with E-state index in [4.69, 9.17) is 9.47 Å². The lowest BCUT2D eigenvalue weighted by Gasteiger charge is -2.08. The summed E-state index contributed by atoms with van der Waals surface area (Å²) in [5.41, 5.74) is 1.55. The highest BCUT2D eigenvalue weighted by atomic mass is 16.5. The Hall–Kier alpha value is -1.51. The molecule has 0 unspecified atom stereocenters. The standard InChI is InChI=1S/C11H12O3/c1-6-9(13-3)5-4-8-10(12)7(2)14-11(6)8/h4-5,7H,1-3H3/t7-/m0/s1. The van der Waals surface area contributed by atoms with Crippen LogP contribution in [0.4, 0.5) is 0 Å². The average Bonchev–Trinajstić information content (AvgIpc) is 2.46. The fraction of sp³-hybridized carbons (Fsp3) is 0.364. The molecule has 0 aromatic heterocycles. The van der Waals surface area contributed by atoms with Gasteiger partial charge in [-0.3, -0.25) is 4.79 Å². The molecule has 0 spiro atoms. The van der Waals surface area contributed by atoms with Gasteiger partial charge in [0.1, 0.15) is 11.5 Å². The zero-order valence-corrected chi connectivity index (χ0v) is 8.46. The third-order valence-corrected chi connectivity index (χ3v) is 2.51. The van der Waals surface area contributed by atoms with Crippen LogP contribution in [0.25, 0.3) is 0 Å². The zero-order chi connectivity index (χ0) is 10.3. The summed E-state index contributed by atoms with van der Waals surface area (Å²) in [6, 6.07) is 3.56. The minimum Gasteiger partial charge on any atom is -0.496 e. The summed E-state index contributed by atoms with van der Waals surface area (Å²) in [5, 5.41) is 0. The first-order valence-electron chi connectivity index (χ1n) is 4.53. The van der Waals surface area contributed by atoms with Crippen molar-refractivity contribution in [3.63, 3.8) is 0 Å². The van der Waals surface area contributed by atoms with Crippen molar-refractivity contribution in [1.29, 1.82) is 0 Å². The molecule has 0 bridgehead atoms. The fourth-order valence-electron chi connectivity index (χ4n) is 1.69. The SMILES string of the molecule is COc1ccc2c(c1C)O[C@@H](C)C2=O. The van der Waals surface area contributed by atoms with Crippen LogP contribution in [0.5, 0.6) is 11.5 Å². The van der Waals surface area contributed by atoms with E-state index in [-0.39, 0.29) is 11.9 Å². The Kier molecular flexibility index (Phi) is 1.95. The number of rotatable bonds is 1. The monoisotopic (exact) mass is 192 g/mol. The molecule has 0 saturated carbocycles. The van der Waals surface area contributed by atoms with Gasteiger partial charge in [0, 0.05) is 5.56 Å². The van der Waals surface area contributed by atoms with Crippen molar-refractivity contribution in [2.75, 3.05) is 7.11 Å². The van der Waals surface area contributed by atoms with Crippen molar-refractivity contribution < 1.29 is 14.3 Å². The highest BCUT2D eigenvalue weighted by molar-refractivity contribution is 6.04. The summed E-state index contributed by atoms with van der Waals surface area (Å²) in [6.45, 7) is 3.65. The van der Waals surface area contributed by atoms with Crippen LogP contribution in [0.2, 0.25) is 0 Å². The second-order valence-corrected chi connectivity index (χ2v) is 3.39. The number of hydrogen-bond donors (Lipinski definition) is 0. The maximum Gasteiger partial charge on any atom is 0.206 e. The second kappa shape index (κ2) is 3.01. The number of carbonyl (C=O) groups excluding carboxylic acids is 1. The molecule has 0 radical (unpaired) electrons. The molecule has 0 aliphatic carbocycles. The van der Waals surface area contributed by atoms with E-state index >= 15 is 0 Å². The number of carbonyl (C=O) groups is 1. The van der Waals surface area contributed by atoms with Crippen LogP contribution in [0.15, 0.2) is 12.1 Å². The molecule has 1 aromatic carbocycles. The molecule has 1 atom stereocenters. The maximum atomic E-state index is 11.6. The van der Waals surface area contributed by atoms with Crippen molar-refractivity contribution in [2.45, 2.75) is 20.0 Å². The lowest BCUT2D eigenvalue weighted by Crippen LogP contribution is -2.14. The molecule has 0 saturated heterocycles. The van der Waals surface area contributed by atoms with Crippen LogP contribution < -0.4 is 9.47 Å². The van der Waals surface area contributed by atoms with E-state index < -0.39 is 0 Å². The third kappa shape index (κ3) is 1.09. The predicted molar refractivity (Wildman–Crippen MR) is 52.2 cm³/mol. The van der Waals surface area contributed by atoms with Crippen molar-refractivity contribution in [3.8, 4) is 11.5 Å². The molecule has 2 rings (SSSR count). The highest BCUT2D eigenvalue weighted by Gasteiger charge is 2.30. The van der Waals surface area contributed by atoms with Gasteiger partial charge < -0.3 is 9.47 Å². The number of methoxy groups -OCH3 is 1. The molecule has 0 N–H and O–H groups in total. The van der Waals surface area contributed by atoms with Crippen molar-refractivity contribution >= 4 is 5.78 Å². The number of hydrogen-bond acceptors (Lipinski definition) is 3. The summed E-state index contributed by atoms with van der Waals surface area (Å²) in [5.74, 6) is 1.47. The summed E-state index contributed by atoms with van der Waals surface area (Å²) >= 11 is 0. The van der Waals surface area contributed by atoms with Gasteiger partial charge in [0.25, 0.3) is 0 Å². The third-order valence-electron chi connectivity index (χ3n) is 2.51. The van der Waals surface area contributed by atoms with Gasteiger partial charge >= 0.3 is 0 Å². The number of ether oxygens (including phenoxy) is 2. The molecule has 74 valence electrons. The largest absolute Gasteiger partial charge is 0.496 e. The lowest BCUT2D eigenvalue weighted by atomic mass is 10.1. The maximum absolute atomic E-state index is 11.6. The summed E-state index contributed by atoms with van der Waals surface area (Å²) in [4.78, 5) is 11.6. The normalized spacial score (nSPS) is 19.1. The van der Waals surface area contributed by atoms with Crippen LogP contribution >= 0.6 is 0 Å². The predicted octanol–water partition coefficient (Wildman–Crippen LogP) is 1.97. The molecular weight excluding hydrogens is 180 g/mol. The molecule has 0 amide bonds. The van der Waals surface area contributed by atoms with Crippen molar-refractivity contribution in [1.82, 2.24) is 0 Å². The van der Waals surface area contributed by atoms with E-state index in [2.05, 4.69) is 0 Å². The van der Waals surface area contributed by atoms with Gasteiger partial charge in [-0.25, -0.2) is 0 Å². The van der Waals surface area contributed by atoms with Gasteiger partial charge in [0.05, 0.1) is 12.7 Å². The van der Waals surface area contributed by atoms with Crippen LogP contribution in [0.1, 0.15) is 22.8 Å². The van der Waals surface area contributed by atoms with Gasteiger partial charge in [-0.1, -0.05) is 0 Å². The quantitative estimate of drug-likeness (QED) is 0.682. The van der Waals surface area contributed by atoms with E-state index in [0.717, 1.165) is 11.3 Å². The van der Waals surface area contributed by atoms with Gasteiger partial charge in [-0.2, -0.15) is 0 Å². The van der Waals surface area contributed by atoms with Crippen LogP contribution in [0, 0.1) is 6.92 Å². The molecule has 1 aliphatic heterocycles. The van der Waals surface area contributed by atoms with Crippen LogP contribution in [0.3, 0.4) is 0 Å². The van der Waals surface area contributed by atoms with Crippen molar-refractivity contribution in [2.24, 2.45) is 0 Å². The van der Waals surface area contributed by atoms with E-state index in [1.54, 1.807) is 26.2 Å². The molecule has 3 nitrogen and oxygen atoms in total. The Morgan fingerprint density at radius 3 is 2.79 bits per heavy atom. The fourth-order valence-corrected chi connectivity index (χ4v) is 1.69. The van der Waals surface area contributed by atoms with Crippen LogP contribution in [-0.2, 0) is 0 Å². The number of Topliss-reactive ketones (excluding diaryl/α,β-unsaturated/α-hetero) is 1. The Morgan fingerprint density at radius 1 is 1.43 bits per heavy atom. The lowest BCUT2D eigenvalue weighted by molar-refractivity contribution is 0.0878. The number of fused-ring (bicyclic) bond motifs is 1. The minimum atomic E-state index is -0.365. The molecule has 1 heterocycles. The molecule has 3 heteroatoms. The van der Waals surface area contributed by atoms with Gasteiger partial charge in [-0.05, 0) is 26.0 Å². The van der Waals surface area contributed by atoms with Gasteiger partial charge in [0.2, 0.25) is 5.78 Å². The van der Waals surface area contributed by atoms with Crippen molar-refractivity contribution in [3.05, 3.63) is 23.3 Å². The molecule has 1 aromatic rings. The Bertz CT molecular complexity index is 396. The summed E-state index contributed by atoms with van der Waals surface area (Å²) in [6.07, 6.45) is -0.365. The zero-order valence-electron chi connectivity index (χ0n) is 8.46. The number of benzene rings is 1. The van der Waals surface area contributed by atoms with E-state index in [9.17, 15) is 4.79 Å². The minimum absolute atomic E-state index is 0.0470. The van der Waals surface area contributed by atoms with E-state index in [1.807, 2.05) is 6.92 Å². The molecule has 0 fully saturated rings. The van der Waals surface area contributed by atoms with E-state index in [0.29, 0.717) is 11.3 Å². The summed E-state index contributed by atoms with van der Waals surface area (Å²) < 4.78 is 10.6. The topological polar surface area (TPSA) is 35.5 Å². The Labute approximate surface area is 82.6 Å². The smallest absolute Gasteiger partial charge is 0.206 e. The first-order chi connectivity index (χ1) is 6.65. The molecule has 1 aliphatic rings. The Balaban J connectivity index is 2.58. The first-order valence-corrected chi connectivity index (χ1v) is 4.53. The van der Waals surface area contributed by atoms with Gasteiger partial charge in [0.15, 0.2) is 6.10 Å². The van der Waals surface area contributed by atoms with Gasteiger partial charge in [-0.15, -0.1) is 0 Å². The first kappa shape index (κ1) is 9.06. The highest BCUT2D eigenvalue weighted by Crippen LogP contribution is 2.36. The van der Waals surface area contributed by atoms with E-state index in [1.165, 1.54) is 0 Å². The van der Waals surface area contributed by atoms with Crippen LogP contribution in [-0.4, -0.2) is 19.0 Å². The molecular formula is C11H12O3.